The van der Waals surface area contributed by atoms with Gasteiger partial charge in [-0.05, 0) is 42.0 Å². The molecule has 0 N–H and O–H groups in total. The highest BCUT2D eigenvalue weighted by molar-refractivity contribution is 9.09. The fourth-order valence-electron chi connectivity index (χ4n) is 2.08. The second-order valence-corrected chi connectivity index (χ2v) is 5.90. The molecule has 2 aromatic carbocycles. The number of rotatable bonds is 7. The summed E-state index contributed by atoms with van der Waals surface area (Å²) in [5.41, 5.74) is 2.47. The van der Waals surface area contributed by atoms with Gasteiger partial charge in [0.2, 0.25) is 0 Å². The first-order chi connectivity index (χ1) is 9.79. The molecule has 2 heteroatoms. The van der Waals surface area contributed by atoms with E-state index < -0.39 is 0 Å². The van der Waals surface area contributed by atoms with Crippen molar-refractivity contribution in [2.45, 2.75) is 19.8 Å². The molecule has 2 aromatic rings. The Hall–Kier alpha value is -1.28. The molecule has 0 aromatic heterocycles. The highest BCUT2D eigenvalue weighted by Crippen LogP contribution is 2.22. The average Bonchev–Trinajstić information content (AvgIpc) is 2.49. The van der Waals surface area contributed by atoms with Gasteiger partial charge in [0, 0.05) is 5.33 Å². The molecule has 0 heterocycles. The molecule has 1 atom stereocenters. The van der Waals surface area contributed by atoms with Crippen molar-refractivity contribution in [2.75, 3.05) is 11.9 Å². The van der Waals surface area contributed by atoms with Crippen LogP contribution in [0.1, 0.15) is 19.8 Å². The quantitative estimate of drug-likeness (QED) is 0.604. The first-order valence-electron chi connectivity index (χ1n) is 7.14. The molecule has 0 aliphatic carbocycles. The zero-order chi connectivity index (χ0) is 14.2. The zero-order valence-corrected chi connectivity index (χ0v) is 13.5. The van der Waals surface area contributed by atoms with Crippen LogP contribution in [0.2, 0.25) is 0 Å². The molecular formula is C18H21BrO. The molecule has 0 saturated carbocycles. The second-order valence-electron chi connectivity index (χ2n) is 5.11. The van der Waals surface area contributed by atoms with E-state index in [0.29, 0.717) is 5.92 Å². The summed E-state index contributed by atoms with van der Waals surface area (Å²) in [6.07, 6.45) is 2.31. The third kappa shape index (κ3) is 4.68. The highest BCUT2D eigenvalue weighted by Gasteiger charge is 2.02. The summed E-state index contributed by atoms with van der Waals surface area (Å²) in [5, 5.41) is 1.07. The van der Waals surface area contributed by atoms with Gasteiger partial charge in [-0.1, -0.05) is 65.3 Å². The second kappa shape index (κ2) is 8.11. The van der Waals surface area contributed by atoms with Gasteiger partial charge < -0.3 is 4.74 Å². The van der Waals surface area contributed by atoms with E-state index in [1.54, 1.807) is 0 Å². The molecule has 2 rings (SSSR count). The highest BCUT2D eigenvalue weighted by atomic mass is 79.9. The molecule has 106 valence electrons. The topological polar surface area (TPSA) is 9.23 Å². The Kier molecular flexibility index (Phi) is 6.13. The number of hydrogen-bond acceptors (Lipinski definition) is 1. The van der Waals surface area contributed by atoms with E-state index in [4.69, 9.17) is 4.74 Å². The number of hydrogen-bond donors (Lipinski definition) is 0. The lowest BCUT2D eigenvalue weighted by Gasteiger charge is -2.11. The lowest BCUT2D eigenvalue weighted by molar-refractivity contribution is 0.282. The van der Waals surface area contributed by atoms with E-state index in [9.17, 15) is 0 Å². The van der Waals surface area contributed by atoms with Crippen LogP contribution in [-0.2, 0) is 0 Å². The maximum Gasteiger partial charge on any atom is 0.119 e. The summed E-state index contributed by atoms with van der Waals surface area (Å²) in [6.45, 7) is 3.06. The van der Waals surface area contributed by atoms with Crippen molar-refractivity contribution in [3.63, 3.8) is 0 Å². The van der Waals surface area contributed by atoms with Gasteiger partial charge in [0.25, 0.3) is 0 Å². The van der Waals surface area contributed by atoms with Crippen LogP contribution in [0.25, 0.3) is 11.1 Å². The van der Waals surface area contributed by atoms with Gasteiger partial charge in [0.1, 0.15) is 5.75 Å². The van der Waals surface area contributed by atoms with Crippen LogP contribution in [0, 0.1) is 5.92 Å². The number of ether oxygens (including phenoxy) is 1. The van der Waals surface area contributed by atoms with E-state index in [-0.39, 0.29) is 0 Å². The van der Waals surface area contributed by atoms with E-state index in [1.165, 1.54) is 17.5 Å². The van der Waals surface area contributed by atoms with E-state index in [0.717, 1.165) is 24.1 Å². The minimum absolute atomic E-state index is 0.706. The van der Waals surface area contributed by atoms with Gasteiger partial charge in [-0.3, -0.25) is 0 Å². The number of alkyl halides is 1. The predicted molar refractivity (Wildman–Crippen MR) is 89.6 cm³/mol. The minimum atomic E-state index is 0.706. The number of halogens is 1. The van der Waals surface area contributed by atoms with Crippen molar-refractivity contribution in [1.29, 1.82) is 0 Å². The van der Waals surface area contributed by atoms with Gasteiger partial charge in [0.15, 0.2) is 0 Å². The smallest absolute Gasteiger partial charge is 0.119 e. The fraction of sp³-hybridized carbons (Fsp3) is 0.333. The van der Waals surface area contributed by atoms with E-state index >= 15 is 0 Å². The van der Waals surface area contributed by atoms with Crippen LogP contribution in [0.5, 0.6) is 5.75 Å². The molecule has 0 spiro atoms. The summed E-state index contributed by atoms with van der Waals surface area (Å²) >= 11 is 3.48. The van der Waals surface area contributed by atoms with Crippen LogP contribution in [0.4, 0.5) is 0 Å². The largest absolute Gasteiger partial charge is 0.494 e. The van der Waals surface area contributed by atoms with Crippen LogP contribution >= 0.6 is 15.9 Å². The Labute approximate surface area is 130 Å². The molecule has 0 saturated heterocycles. The first kappa shape index (κ1) is 15.1. The van der Waals surface area contributed by atoms with Crippen LogP contribution < -0.4 is 4.74 Å². The van der Waals surface area contributed by atoms with Crippen molar-refractivity contribution in [1.82, 2.24) is 0 Å². The molecule has 0 aliphatic heterocycles. The molecular weight excluding hydrogens is 312 g/mol. The molecule has 0 radical (unpaired) electrons. The molecule has 1 nitrogen and oxygen atoms in total. The normalized spacial score (nSPS) is 12.1. The SMILES string of the molecule is CC(CCBr)CCOc1ccc(-c2ccccc2)cc1. The lowest BCUT2D eigenvalue weighted by atomic mass is 10.1. The summed E-state index contributed by atoms with van der Waals surface area (Å²) < 4.78 is 5.80. The van der Waals surface area contributed by atoms with Crippen LogP contribution in [-0.4, -0.2) is 11.9 Å². The Morgan fingerprint density at radius 2 is 1.55 bits per heavy atom. The van der Waals surface area contributed by atoms with Crippen molar-refractivity contribution >= 4 is 15.9 Å². The minimum Gasteiger partial charge on any atom is -0.494 e. The van der Waals surface area contributed by atoms with Gasteiger partial charge >= 0.3 is 0 Å². The summed E-state index contributed by atoms with van der Waals surface area (Å²) in [4.78, 5) is 0. The van der Waals surface area contributed by atoms with Gasteiger partial charge in [-0.2, -0.15) is 0 Å². The van der Waals surface area contributed by atoms with Crippen LogP contribution in [0.15, 0.2) is 54.6 Å². The molecule has 0 bridgehead atoms. The Morgan fingerprint density at radius 1 is 0.900 bits per heavy atom. The third-order valence-electron chi connectivity index (χ3n) is 3.44. The van der Waals surface area contributed by atoms with Crippen molar-refractivity contribution in [3.8, 4) is 16.9 Å². The van der Waals surface area contributed by atoms with Gasteiger partial charge in [-0.25, -0.2) is 0 Å². The summed E-state index contributed by atoms with van der Waals surface area (Å²) in [6, 6.07) is 18.7. The molecule has 1 unspecified atom stereocenters. The molecule has 0 amide bonds. The average molecular weight is 333 g/mol. The van der Waals surface area contributed by atoms with Crippen molar-refractivity contribution < 1.29 is 4.74 Å². The molecule has 0 fully saturated rings. The van der Waals surface area contributed by atoms with E-state index in [2.05, 4.69) is 71.4 Å². The Balaban J connectivity index is 1.86. The summed E-state index contributed by atoms with van der Waals surface area (Å²) in [7, 11) is 0. The fourth-order valence-corrected chi connectivity index (χ4v) is 2.86. The lowest BCUT2D eigenvalue weighted by Crippen LogP contribution is -2.04. The van der Waals surface area contributed by atoms with Gasteiger partial charge in [0.05, 0.1) is 6.61 Å². The Bertz CT molecular complexity index is 493. The van der Waals surface area contributed by atoms with Crippen molar-refractivity contribution in [3.05, 3.63) is 54.6 Å². The van der Waals surface area contributed by atoms with Gasteiger partial charge in [-0.15, -0.1) is 0 Å². The third-order valence-corrected chi connectivity index (χ3v) is 3.90. The summed E-state index contributed by atoms with van der Waals surface area (Å²) in [5.74, 6) is 1.66. The van der Waals surface area contributed by atoms with E-state index in [1.807, 2.05) is 6.07 Å². The standard InChI is InChI=1S/C18H21BrO/c1-15(11-13-19)12-14-20-18-9-7-17(8-10-18)16-5-3-2-4-6-16/h2-10,15H,11-14H2,1H3. The van der Waals surface area contributed by atoms with Crippen molar-refractivity contribution in [2.24, 2.45) is 5.92 Å². The predicted octanol–water partition coefficient (Wildman–Crippen LogP) is 5.54. The number of benzene rings is 2. The van der Waals surface area contributed by atoms with Crippen LogP contribution in [0.3, 0.4) is 0 Å². The molecule has 0 aliphatic rings. The first-order valence-corrected chi connectivity index (χ1v) is 8.26. The zero-order valence-electron chi connectivity index (χ0n) is 11.9. The molecule has 20 heavy (non-hydrogen) atoms. The maximum atomic E-state index is 5.80. The maximum absolute atomic E-state index is 5.80. The Morgan fingerprint density at radius 3 is 2.20 bits per heavy atom. The monoisotopic (exact) mass is 332 g/mol.